The molecule has 0 unspecified atom stereocenters. The molecule has 1 aromatic rings. The molecule has 1 nitrogen and oxygen atoms in total. The van der Waals surface area contributed by atoms with Crippen LogP contribution in [0.3, 0.4) is 0 Å². The number of ether oxygens (including phenoxy) is 1. The van der Waals surface area contributed by atoms with E-state index in [0.717, 1.165) is 4.47 Å². The van der Waals surface area contributed by atoms with Gasteiger partial charge in [0.15, 0.2) is 0 Å². The highest BCUT2D eigenvalue weighted by Crippen LogP contribution is 2.16. The van der Waals surface area contributed by atoms with Crippen molar-refractivity contribution in [3.05, 3.63) is 34.1 Å². The molecule has 0 radical (unpaired) electrons. The Morgan fingerprint density at radius 3 is 2.71 bits per heavy atom. The van der Waals surface area contributed by atoms with E-state index >= 15 is 0 Å². The summed E-state index contributed by atoms with van der Waals surface area (Å²) in [5, 5.41) is 0. The van der Waals surface area contributed by atoms with Crippen LogP contribution in [-0.2, 0) is 11.3 Å². The van der Waals surface area contributed by atoms with Gasteiger partial charge in [-0.25, -0.2) is 4.39 Å². The molecule has 0 amide bonds. The average Bonchev–Trinajstić information content (AvgIpc) is 2.08. The summed E-state index contributed by atoms with van der Waals surface area (Å²) in [6.07, 6.45) is 0. The third-order valence-electron chi connectivity index (χ3n) is 1.72. The van der Waals surface area contributed by atoms with Crippen molar-refractivity contribution in [2.75, 3.05) is 6.61 Å². The molecule has 0 aromatic heterocycles. The van der Waals surface area contributed by atoms with Crippen molar-refractivity contribution in [2.24, 2.45) is 5.92 Å². The summed E-state index contributed by atoms with van der Waals surface area (Å²) in [5.74, 6) is 0.261. The molecular weight excluding hydrogens is 247 g/mol. The molecule has 0 saturated heterocycles. The quantitative estimate of drug-likeness (QED) is 0.801. The van der Waals surface area contributed by atoms with Crippen LogP contribution in [0.15, 0.2) is 22.7 Å². The first-order chi connectivity index (χ1) is 6.59. The second kappa shape index (κ2) is 5.47. The first kappa shape index (κ1) is 11.7. The van der Waals surface area contributed by atoms with Gasteiger partial charge in [-0.3, -0.25) is 0 Å². The maximum atomic E-state index is 13.3. The second-order valence-corrected chi connectivity index (χ2v) is 4.56. The van der Waals surface area contributed by atoms with Crippen molar-refractivity contribution < 1.29 is 9.13 Å². The van der Waals surface area contributed by atoms with Crippen molar-refractivity contribution in [3.8, 4) is 0 Å². The molecular formula is C11H14BrFO. The molecule has 1 aromatic carbocycles. The standard InChI is InChI=1S/C11H14BrFO/c1-8(2)6-14-7-9-3-4-10(12)5-11(9)13/h3-5,8H,6-7H2,1-2H3. The molecule has 1 rings (SSSR count). The molecule has 0 aliphatic carbocycles. The molecule has 0 heterocycles. The van der Waals surface area contributed by atoms with E-state index in [4.69, 9.17) is 4.74 Å². The van der Waals surface area contributed by atoms with Crippen LogP contribution in [0, 0.1) is 11.7 Å². The summed E-state index contributed by atoms with van der Waals surface area (Å²) in [4.78, 5) is 0. The zero-order valence-electron chi connectivity index (χ0n) is 8.39. The molecule has 0 bridgehead atoms. The monoisotopic (exact) mass is 260 g/mol. The molecule has 0 aliphatic heterocycles. The van der Waals surface area contributed by atoms with E-state index in [1.807, 2.05) is 6.07 Å². The van der Waals surface area contributed by atoms with E-state index in [9.17, 15) is 4.39 Å². The van der Waals surface area contributed by atoms with Crippen LogP contribution in [0.1, 0.15) is 19.4 Å². The van der Waals surface area contributed by atoms with E-state index in [-0.39, 0.29) is 5.82 Å². The first-order valence-corrected chi connectivity index (χ1v) is 5.40. The van der Waals surface area contributed by atoms with Gasteiger partial charge >= 0.3 is 0 Å². The Bertz CT molecular complexity index is 299. The lowest BCUT2D eigenvalue weighted by atomic mass is 10.2. The minimum Gasteiger partial charge on any atom is -0.376 e. The highest BCUT2D eigenvalue weighted by Gasteiger charge is 2.03. The number of benzene rings is 1. The van der Waals surface area contributed by atoms with Crippen LogP contribution < -0.4 is 0 Å². The van der Waals surface area contributed by atoms with Gasteiger partial charge in [-0.2, -0.15) is 0 Å². The van der Waals surface area contributed by atoms with Gasteiger partial charge in [0, 0.05) is 16.6 Å². The number of hydrogen-bond donors (Lipinski definition) is 0. The molecule has 0 atom stereocenters. The predicted molar refractivity (Wildman–Crippen MR) is 58.6 cm³/mol. The zero-order chi connectivity index (χ0) is 10.6. The molecule has 0 N–H and O–H groups in total. The molecule has 0 aliphatic rings. The van der Waals surface area contributed by atoms with Gasteiger partial charge in [0.2, 0.25) is 0 Å². The van der Waals surface area contributed by atoms with Gasteiger partial charge < -0.3 is 4.74 Å². The maximum Gasteiger partial charge on any atom is 0.129 e. The summed E-state index contributed by atoms with van der Waals surface area (Å²) < 4.78 is 19.4. The Balaban J connectivity index is 2.51. The lowest BCUT2D eigenvalue weighted by Crippen LogP contribution is -2.03. The maximum absolute atomic E-state index is 13.3. The van der Waals surface area contributed by atoms with E-state index in [1.54, 1.807) is 6.07 Å². The number of halogens is 2. The fraction of sp³-hybridized carbons (Fsp3) is 0.455. The topological polar surface area (TPSA) is 9.23 Å². The Morgan fingerprint density at radius 1 is 1.43 bits per heavy atom. The van der Waals surface area contributed by atoms with Gasteiger partial charge in [0.05, 0.1) is 6.61 Å². The van der Waals surface area contributed by atoms with Crippen molar-refractivity contribution in [3.63, 3.8) is 0 Å². The second-order valence-electron chi connectivity index (χ2n) is 3.64. The van der Waals surface area contributed by atoms with Gasteiger partial charge in [-0.05, 0) is 18.1 Å². The molecule has 78 valence electrons. The van der Waals surface area contributed by atoms with Crippen molar-refractivity contribution in [2.45, 2.75) is 20.5 Å². The highest BCUT2D eigenvalue weighted by atomic mass is 79.9. The molecule has 0 spiro atoms. The van der Waals surface area contributed by atoms with E-state index in [2.05, 4.69) is 29.8 Å². The summed E-state index contributed by atoms with van der Waals surface area (Å²) in [5.41, 5.74) is 0.605. The Hall–Kier alpha value is -0.410. The SMILES string of the molecule is CC(C)COCc1ccc(Br)cc1F. The summed E-state index contributed by atoms with van der Waals surface area (Å²) in [7, 11) is 0. The fourth-order valence-electron chi connectivity index (χ4n) is 1.04. The van der Waals surface area contributed by atoms with Crippen LogP contribution in [0.5, 0.6) is 0 Å². The predicted octanol–water partition coefficient (Wildman–Crippen LogP) is 3.76. The first-order valence-electron chi connectivity index (χ1n) is 4.61. The Morgan fingerprint density at radius 2 is 2.14 bits per heavy atom. The largest absolute Gasteiger partial charge is 0.376 e. The van der Waals surface area contributed by atoms with Gasteiger partial charge in [-0.1, -0.05) is 35.8 Å². The van der Waals surface area contributed by atoms with Crippen molar-refractivity contribution in [1.29, 1.82) is 0 Å². The van der Waals surface area contributed by atoms with E-state index < -0.39 is 0 Å². The van der Waals surface area contributed by atoms with Gasteiger partial charge in [0.25, 0.3) is 0 Å². The van der Waals surface area contributed by atoms with E-state index in [1.165, 1.54) is 6.07 Å². The average molecular weight is 261 g/mol. The lowest BCUT2D eigenvalue weighted by molar-refractivity contribution is 0.0950. The minimum absolute atomic E-state index is 0.219. The van der Waals surface area contributed by atoms with Crippen molar-refractivity contribution >= 4 is 15.9 Å². The van der Waals surface area contributed by atoms with Crippen LogP contribution in [0.25, 0.3) is 0 Å². The third-order valence-corrected chi connectivity index (χ3v) is 2.22. The van der Waals surface area contributed by atoms with Crippen LogP contribution >= 0.6 is 15.9 Å². The number of rotatable bonds is 4. The fourth-order valence-corrected chi connectivity index (χ4v) is 1.38. The Kier molecular flexibility index (Phi) is 4.55. The third kappa shape index (κ3) is 3.76. The summed E-state index contributed by atoms with van der Waals surface area (Å²) in [6.45, 7) is 5.14. The van der Waals surface area contributed by atoms with Crippen LogP contribution in [0.4, 0.5) is 4.39 Å². The van der Waals surface area contributed by atoms with Crippen LogP contribution in [-0.4, -0.2) is 6.61 Å². The number of hydrogen-bond acceptors (Lipinski definition) is 1. The van der Waals surface area contributed by atoms with E-state index in [0.29, 0.717) is 24.7 Å². The Labute approximate surface area is 92.4 Å². The smallest absolute Gasteiger partial charge is 0.129 e. The normalized spacial score (nSPS) is 10.9. The molecule has 14 heavy (non-hydrogen) atoms. The summed E-state index contributed by atoms with van der Waals surface area (Å²) in [6, 6.07) is 5.00. The molecule has 0 saturated carbocycles. The van der Waals surface area contributed by atoms with Crippen LogP contribution in [0.2, 0.25) is 0 Å². The molecule has 3 heteroatoms. The highest BCUT2D eigenvalue weighted by molar-refractivity contribution is 9.10. The lowest BCUT2D eigenvalue weighted by Gasteiger charge is -2.07. The zero-order valence-corrected chi connectivity index (χ0v) is 9.97. The van der Waals surface area contributed by atoms with Gasteiger partial charge in [-0.15, -0.1) is 0 Å². The van der Waals surface area contributed by atoms with Gasteiger partial charge in [0.1, 0.15) is 5.82 Å². The summed E-state index contributed by atoms with van der Waals surface area (Å²) >= 11 is 3.21. The molecule has 0 fully saturated rings. The van der Waals surface area contributed by atoms with Crippen molar-refractivity contribution in [1.82, 2.24) is 0 Å². The minimum atomic E-state index is -0.219.